The number of aryl methyl sites for hydroxylation is 1. The predicted octanol–water partition coefficient (Wildman–Crippen LogP) is 1.19. The van der Waals surface area contributed by atoms with Gasteiger partial charge in [0, 0.05) is 18.7 Å². The molecule has 1 aromatic carbocycles. The molecule has 2 atom stereocenters. The van der Waals surface area contributed by atoms with Gasteiger partial charge in [-0.1, -0.05) is 13.3 Å². The van der Waals surface area contributed by atoms with Crippen molar-refractivity contribution in [1.29, 1.82) is 0 Å². The Kier molecular flexibility index (Phi) is 4.60. The molecule has 1 fully saturated rings. The molecule has 7 nitrogen and oxygen atoms in total. The van der Waals surface area contributed by atoms with Crippen LogP contribution in [0.2, 0.25) is 0 Å². The van der Waals surface area contributed by atoms with Crippen molar-refractivity contribution in [3.63, 3.8) is 0 Å². The number of hydrogen-bond acceptors (Lipinski definition) is 5. The Hall–Kier alpha value is -1.93. The molecule has 1 aromatic rings. The van der Waals surface area contributed by atoms with Gasteiger partial charge in [0.2, 0.25) is 5.91 Å². The molecule has 0 radical (unpaired) electrons. The van der Waals surface area contributed by atoms with E-state index >= 15 is 0 Å². The van der Waals surface area contributed by atoms with Crippen LogP contribution in [0.1, 0.15) is 31.7 Å². The molecule has 0 saturated carbocycles. The van der Waals surface area contributed by atoms with Crippen LogP contribution >= 0.6 is 0 Å². The molecule has 2 amide bonds. The summed E-state index contributed by atoms with van der Waals surface area (Å²) in [6, 6.07) is 4.43. The zero-order chi connectivity index (χ0) is 17.3. The van der Waals surface area contributed by atoms with Gasteiger partial charge in [-0.15, -0.1) is 0 Å². The monoisotopic (exact) mass is 352 g/mol. The summed E-state index contributed by atoms with van der Waals surface area (Å²) < 4.78 is 32.4. The van der Waals surface area contributed by atoms with Crippen LogP contribution in [-0.2, 0) is 30.8 Å². The third kappa shape index (κ3) is 3.29. The fraction of sp³-hybridized carbons (Fsp3) is 0.500. The number of anilines is 1. The van der Waals surface area contributed by atoms with Crippen molar-refractivity contribution >= 4 is 27.5 Å². The predicted molar refractivity (Wildman–Crippen MR) is 86.9 cm³/mol. The van der Waals surface area contributed by atoms with Crippen molar-refractivity contribution in [3.8, 4) is 0 Å². The number of rotatable bonds is 4. The summed E-state index contributed by atoms with van der Waals surface area (Å²) in [7, 11) is -3.97. The number of benzene rings is 1. The lowest BCUT2D eigenvalue weighted by Crippen LogP contribution is -2.41. The lowest BCUT2D eigenvalue weighted by Gasteiger charge is -2.19. The summed E-state index contributed by atoms with van der Waals surface area (Å²) in [6.45, 7) is 2.42. The average molecular weight is 352 g/mol. The molecule has 130 valence electrons. The molecular weight excluding hydrogens is 332 g/mol. The number of carbonyl (C=O) groups is 2. The first-order chi connectivity index (χ1) is 11.4. The van der Waals surface area contributed by atoms with E-state index in [1.807, 2.05) is 6.92 Å². The molecule has 2 aliphatic heterocycles. The van der Waals surface area contributed by atoms with Crippen molar-refractivity contribution in [2.45, 2.75) is 43.6 Å². The quantitative estimate of drug-likeness (QED) is 0.848. The second-order valence-corrected chi connectivity index (χ2v) is 7.77. The Morgan fingerprint density at radius 3 is 2.92 bits per heavy atom. The summed E-state index contributed by atoms with van der Waals surface area (Å²) in [4.78, 5) is 23.6. The number of amides is 2. The summed E-state index contributed by atoms with van der Waals surface area (Å²) in [5.41, 5.74) is 1.36. The highest BCUT2D eigenvalue weighted by molar-refractivity contribution is 7.90. The molecule has 0 spiro atoms. The standard InChI is InChI=1S/C16H20N2O5S/c1-2-10-7-8-23-15(10)16(20)18-24(21,22)12-4-5-13-11(9-12)3-6-14(19)17-13/h4-5,9-10,15H,2-3,6-8H2,1H3,(H,17,19)(H,18,20)/t10-,15+/m1/s1. The Morgan fingerprint density at radius 2 is 2.17 bits per heavy atom. The highest BCUT2D eigenvalue weighted by atomic mass is 32.2. The van der Waals surface area contributed by atoms with Crippen LogP contribution in [-0.4, -0.2) is 32.9 Å². The molecule has 0 bridgehead atoms. The molecule has 8 heteroatoms. The minimum Gasteiger partial charge on any atom is -0.368 e. The van der Waals surface area contributed by atoms with E-state index in [0.717, 1.165) is 18.4 Å². The zero-order valence-electron chi connectivity index (χ0n) is 13.4. The fourth-order valence-corrected chi connectivity index (χ4v) is 4.16. The summed E-state index contributed by atoms with van der Waals surface area (Å²) >= 11 is 0. The van der Waals surface area contributed by atoms with Crippen molar-refractivity contribution < 1.29 is 22.7 Å². The number of sulfonamides is 1. The van der Waals surface area contributed by atoms with E-state index < -0.39 is 22.0 Å². The maximum Gasteiger partial charge on any atom is 0.264 e. The minimum atomic E-state index is -3.97. The normalized spacial score (nSPS) is 23.5. The number of hydrogen-bond donors (Lipinski definition) is 2. The minimum absolute atomic E-state index is 0.0109. The topological polar surface area (TPSA) is 102 Å². The third-order valence-corrected chi connectivity index (χ3v) is 5.86. The zero-order valence-corrected chi connectivity index (χ0v) is 14.2. The number of nitrogens with one attached hydrogen (secondary N) is 2. The molecule has 0 aliphatic carbocycles. The molecule has 2 aliphatic rings. The smallest absolute Gasteiger partial charge is 0.264 e. The average Bonchev–Trinajstić information content (AvgIpc) is 3.02. The Morgan fingerprint density at radius 1 is 1.38 bits per heavy atom. The van der Waals surface area contributed by atoms with Gasteiger partial charge in [-0.3, -0.25) is 9.59 Å². The summed E-state index contributed by atoms with van der Waals surface area (Å²) in [5, 5.41) is 2.70. The summed E-state index contributed by atoms with van der Waals surface area (Å²) in [5.74, 6) is -0.667. The van der Waals surface area contributed by atoms with E-state index in [2.05, 4.69) is 10.0 Å². The number of ether oxygens (including phenoxy) is 1. The molecule has 1 saturated heterocycles. The van der Waals surface area contributed by atoms with Gasteiger partial charge in [-0.25, -0.2) is 13.1 Å². The Balaban J connectivity index is 1.78. The molecule has 2 heterocycles. The van der Waals surface area contributed by atoms with E-state index in [0.29, 0.717) is 25.1 Å². The van der Waals surface area contributed by atoms with Crippen molar-refractivity contribution in [1.82, 2.24) is 4.72 Å². The van der Waals surface area contributed by atoms with E-state index in [9.17, 15) is 18.0 Å². The van der Waals surface area contributed by atoms with Gasteiger partial charge in [-0.05, 0) is 42.5 Å². The number of carbonyl (C=O) groups excluding carboxylic acids is 2. The molecule has 2 N–H and O–H groups in total. The lowest BCUT2D eigenvalue weighted by atomic mass is 9.98. The Labute approximate surface area is 140 Å². The van der Waals surface area contributed by atoms with Crippen LogP contribution in [0, 0.1) is 5.92 Å². The lowest BCUT2D eigenvalue weighted by molar-refractivity contribution is -0.129. The second-order valence-electron chi connectivity index (χ2n) is 6.09. The largest absolute Gasteiger partial charge is 0.368 e. The molecule has 0 aromatic heterocycles. The Bertz CT molecular complexity index is 775. The molecular formula is C16H20N2O5S. The van der Waals surface area contributed by atoms with E-state index in [4.69, 9.17) is 4.74 Å². The first kappa shape index (κ1) is 16.9. The second kappa shape index (κ2) is 6.52. The van der Waals surface area contributed by atoms with Gasteiger partial charge in [0.05, 0.1) is 4.90 Å². The SMILES string of the molecule is CC[C@@H]1CCO[C@@H]1C(=O)NS(=O)(=O)c1ccc2c(c1)CCC(=O)N2. The fourth-order valence-electron chi connectivity index (χ4n) is 3.12. The highest BCUT2D eigenvalue weighted by Crippen LogP contribution is 2.27. The van der Waals surface area contributed by atoms with E-state index in [-0.39, 0.29) is 16.7 Å². The van der Waals surface area contributed by atoms with Gasteiger partial charge < -0.3 is 10.1 Å². The van der Waals surface area contributed by atoms with Gasteiger partial charge in [-0.2, -0.15) is 0 Å². The van der Waals surface area contributed by atoms with E-state index in [1.165, 1.54) is 12.1 Å². The van der Waals surface area contributed by atoms with Crippen LogP contribution < -0.4 is 10.0 Å². The highest BCUT2D eigenvalue weighted by Gasteiger charge is 2.35. The van der Waals surface area contributed by atoms with Gasteiger partial charge >= 0.3 is 0 Å². The van der Waals surface area contributed by atoms with Gasteiger partial charge in [0.1, 0.15) is 6.10 Å². The van der Waals surface area contributed by atoms with Crippen LogP contribution in [0.4, 0.5) is 5.69 Å². The number of fused-ring (bicyclic) bond motifs is 1. The van der Waals surface area contributed by atoms with Crippen molar-refractivity contribution in [2.75, 3.05) is 11.9 Å². The maximum absolute atomic E-state index is 12.5. The maximum atomic E-state index is 12.5. The van der Waals surface area contributed by atoms with Crippen LogP contribution in [0.3, 0.4) is 0 Å². The van der Waals surface area contributed by atoms with Crippen LogP contribution in [0.25, 0.3) is 0 Å². The van der Waals surface area contributed by atoms with E-state index in [1.54, 1.807) is 6.07 Å². The first-order valence-corrected chi connectivity index (χ1v) is 9.50. The molecule has 24 heavy (non-hydrogen) atoms. The van der Waals surface area contributed by atoms with Crippen LogP contribution in [0.15, 0.2) is 23.1 Å². The molecule has 3 rings (SSSR count). The summed E-state index contributed by atoms with van der Waals surface area (Å²) in [6.07, 6.45) is 1.59. The van der Waals surface area contributed by atoms with Gasteiger partial charge in [0.25, 0.3) is 15.9 Å². The third-order valence-electron chi connectivity index (χ3n) is 4.51. The first-order valence-electron chi connectivity index (χ1n) is 8.01. The van der Waals surface area contributed by atoms with Crippen molar-refractivity contribution in [3.05, 3.63) is 23.8 Å². The van der Waals surface area contributed by atoms with Crippen molar-refractivity contribution in [2.24, 2.45) is 5.92 Å². The van der Waals surface area contributed by atoms with Gasteiger partial charge in [0.15, 0.2) is 0 Å². The molecule has 0 unspecified atom stereocenters. The van der Waals surface area contributed by atoms with Crippen LogP contribution in [0.5, 0.6) is 0 Å².